The Hall–Kier alpha value is -2.37. The average Bonchev–Trinajstić information content (AvgIpc) is 2.64. The summed E-state index contributed by atoms with van der Waals surface area (Å²) < 4.78 is 4.87. The lowest BCUT2D eigenvalue weighted by Crippen LogP contribution is -2.39. The Morgan fingerprint density at radius 2 is 1.81 bits per heavy atom. The first-order chi connectivity index (χ1) is 12.0. The van der Waals surface area contributed by atoms with Gasteiger partial charge < -0.3 is 15.8 Å². The van der Waals surface area contributed by atoms with Crippen molar-refractivity contribution in [2.24, 2.45) is 11.7 Å². The topological polar surface area (TPSA) is 81.4 Å². The molecule has 0 heterocycles. The molecule has 2 unspecified atom stereocenters. The minimum Gasteiger partial charge on any atom is -0.469 e. The zero-order valence-corrected chi connectivity index (χ0v) is 15.8. The molecule has 5 nitrogen and oxygen atoms in total. The highest BCUT2D eigenvalue weighted by Crippen LogP contribution is 2.13. The van der Waals surface area contributed by atoms with Gasteiger partial charge in [0.1, 0.15) is 6.04 Å². The van der Waals surface area contributed by atoms with E-state index < -0.39 is 12.0 Å². The quantitative estimate of drug-likeness (QED) is 0.727. The SMILES string of the molecule is COC(=O)C(CNC(=O)C(N)c1ccccc1)Cc1cccc(C)c1.Cl. The molecule has 0 aromatic heterocycles. The minimum atomic E-state index is -0.765. The Kier molecular flexibility index (Phi) is 8.82. The highest BCUT2D eigenvalue weighted by atomic mass is 35.5. The van der Waals surface area contributed by atoms with Gasteiger partial charge in [-0.25, -0.2) is 0 Å². The van der Waals surface area contributed by atoms with Crippen molar-refractivity contribution < 1.29 is 14.3 Å². The maximum Gasteiger partial charge on any atom is 0.310 e. The van der Waals surface area contributed by atoms with Gasteiger partial charge in [0.15, 0.2) is 0 Å². The Morgan fingerprint density at radius 1 is 1.12 bits per heavy atom. The van der Waals surface area contributed by atoms with Crippen LogP contribution in [0.3, 0.4) is 0 Å². The lowest BCUT2D eigenvalue weighted by molar-refractivity contribution is -0.145. The Morgan fingerprint density at radius 3 is 2.42 bits per heavy atom. The van der Waals surface area contributed by atoms with Crippen LogP contribution in [0.15, 0.2) is 54.6 Å². The Balaban J connectivity index is 0.00000338. The van der Waals surface area contributed by atoms with Crippen LogP contribution in [0.4, 0.5) is 0 Å². The number of amides is 1. The molecule has 2 rings (SSSR count). The van der Waals surface area contributed by atoms with E-state index in [1.54, 1.807) is 12.1 Å². The fourth-order valence-electron chi connectivity index (χ4n) is 2.67. The van der Waals surface area contributed by atoms with Gasteiger partial charge in [-0.05, 0) is 24.5 Å². The first-order valence-corrected chi connectivity index (χ1v) is 8.23. The van der Waals surface area contributed by atoms with Gasteiger partial charge in [-0.1, -0.05) is 60.2 Å². The fourth-order valence-corrected chi connectivity index (χ4v) is 2.67. The van der Waals surface area contributed by atoms with Crippen LogP contribution in [-0.4, -0.2) is 25.5 Å². The van der Waals surface area contributed by atoms with Gasteiger partial charge in [0, 0.05) is 6.54 Å². The number of benzene rings is 2. The molecule has 0 aliphatic heterocycles. The van der Waals surface area contributed by atoms with Crippen LogP contribution in [0, 0.1) is 12.8 Å². The van der Waals surface area contributed by atoms with Gasteiger partial charge in [0.2, 0.25) is 5.91 Å². The van der Waals surface area contributed by atoms with Crippen LogP contribution in [-0.2, 0) is 20.7 Å². The van der Waals surface area contributed by atoms with Gasteiger partial charge in [-0.2, -0.15) is 0 Å². The predicted molar refractivity (Wildman–Crippen MR) is 104 cm³/mol. The van der Waals surface area contributed by atoms with E-state index >= 15 is 0 Å². The summed E-state index contributed by atoms with van der Waals surface area (Å²) in [6, 6.07) is 16.3. The van der Waals surface area contributed by atoms with Crippen molar-refractivity contribution in [3.05, 3.63) is 71.3 Å². The van der Waals surface area contributed by atoms with Gasteiger partial charge in [0.25, 0.3) is 0 Å². The maximum absolute atomic E-state index is 12.3. The number of nitrogens with one attached hydrogen (secondary N) is 1. The molecule has 0 aliphatic rings. The summed E-state index contributed by atoms with van der Waals surface area (Å²) >= 11 is 0. The second-order valence-electron chi connectivity index (χ2n) is 6.05. The summed E-state index contributed by atoms with van der Waals surface area (Å²) in [6.45, 7) is 2.18. The molecule has 2 aromatic carbocycles. The third kappa shape index (κ3) is 6.17. The lowest BCUT2D eigenvalue weighted by atomic mass is 9.97. The molecule has 26 heavy (non-hydrogen) atoms. The van der Waals surface area contributed by atoms with E-state index in [1.165, 1.54) is 7.11 Å². The second-order valence-corrected chi connectivity index (χ2v) is 6.05. The van der Waals surface area contributed by atoms with Gasteiger partial charge >= 0.3 is 5.97 Å². The molecule has 0 saturated carbocycles. The molecule has 0 saturated heterocycles. The van der Waals surface area contributed by atoms with E-state index in [2.05, 4.69) is 5.32 Å². The smallest absolute Gasteiger partial charge is 0.310 e. The number of esters is 1. The number of carbonyl (C=O) groups is 2. The van der Waals surface area contributed by atoms with Crippen LogP contribution in [0.5, 0.6) is 0 Å². The standard InChI is InChI=1S/C20H24N2O3.ClH/c1-14-7-6-8-15(11-14)12-17(20(24)25-2)13-22-19(23)18(21)16-9-4-3-5-10-16;/h3-11,17-18H,12-13,21H2,1-2H3,(H,22,23);1H. The summed E-state index contributed by atoms with van der Waals surface area (Å²) in [5.41, 5.74) is 8.85. The number of hydrogen-bond donors (Lipinski definition) is 2. The van der Waals surface area contributed by atoms with Crippen molar-refractivity contribution in [2.45, 2.75) is 19.4 Å². The molecular formula is C20H25ClN2O3. The monoisotopic (exact) mass is 376 g/mol. The molecule has 2 aromatic rings. The summed E-state index contributed by atoms with van der Waals surface area (Å²) in [5.74, 6) is -1.13. The van der Waals surface area contributed by atoms with E-state index in [4.69, 9.17) is 10.5 Å². The van der Waals surface area contributed by atoms with E-state index in [9.17, 15) is 9.59 Å². The summed E-state index contributed by atoms with van der Waals surface area (Å²) in [7, 11) is 1.35. The summed E-state index contributed by atoms with van der Waals surface area (Å²) in [6.07, 6.45) is 0.495. The van der Waals surface area contributed by atoms with E-state index in [-0.39, 0.29) is 30.8 Å². The summed E-state index contributed by atoms with van der Waals surface area (Å²) in [5, 5.41) is 2.77. The molecule has 0 radical (unpaired) electrons. The highest BCUT2D eigenvalue weighted by molar-refractivity contribution is 5.85. The molecule has 140 valence electrons. The molecule has 0 bridgehead atoms. The number of rotatable bonds is 7. The Labute approximate surface area is 160 Å². The first kappa shape index (κ1) is 21.7. The molecule has 0 spiro atoms. The number of aryl methyl sites for hydroxylation is 1. The van der Waals surface area contributed by atoms with E-state index in [1.807, 2.05) is 49.4 Å². The van der Waals surface area contributed by atoms with Crippen molar-refractivity contribution in [1.29, 1.82) is 0 Å². The van der Waals surface area contributed by atoms with Crippen LogP contribution in [0.25, 0.3) is 0 Å². The molecule has 3 N–H and O–H groups in total. The van der Waals surface area contributed by atoms with Crippen molar-refractivity contribution in [3.63, 3.8) is 0 Å². The highest BCUT2D eigenvalue weighted by Gasteiger charge is 2.23. The van der Waals surface area contributed by atoms with Crippen molar-refractivity contribution >= 4 is 24.3 Å². The van der Waals surface area contributed by atoms with Crippen molar-refractivity contribution in [2.75, 3.05) is 13.7 Å². The fraction of sp³-hybridized carbons (Fsp3) is 0.300. The van der Waals surface area contributed by atoms with Gasteiger partial charge in [-0.3, -0.25) is 9.59 Å². The summed E-state index contributed by atoms with van der Waals surface area (Å²) in [4.78, 5) is 24.3. The molecule has 2 atom stereocenters. The van der Waals surface area contributed by atoms with Crippen molar-refractivity contribution in [3.8, 4) is 0 Å². The number of methoxy groups -OCH3 is 1. The van der Waals surface area contributed by atoms with Crippen LogP contribution < -0.4 is 11.1 Å². The van der Waals surface area contributed by atoms with Crippen molar-refractivity contribution in [1.82, 2.24) is 5.32 Å². The third-order valence-corrected chi connectivity index (χ3v) is 4.06. The van der Waals surface area contributed by atoms with Gasteiger partial charge in [-0.15, -0.1) is 12.4 Å². The molecular weight excluding hydrogens is 352 g/mol. The zero-order valence-electron chi connectivity index (χ0n) is 15.0. The van der Waals surface area contributed by atoms with Crippen LogP contribution in [0.2, 0.25) is 0 Å². The molecule has 0 aliphatic carbocycles. The predicted octanol–water partition coefficient (Wildman–Crippen LogP) is 2.56. The number of halogens is 1. The normalized spacial score (nSPS) is 12.4. The van der Waals surface area contributed by atoms with Crippen LogP contribution >= 0.6 is 12.4 Å². The largest absolute Gasteiger partial charge is 0.469 e. The second kappa shape index (κ2) is 10.6. The van der Waals surface area contributed by atoms with Crippen LogP contribution in [0.1, 0.15) is 22.7 Å². The molecule has 0 fully saturated rings. The third-order valence-electron chi connectivity index (χ3n) is 4.06. The van der Waals surface area contributed by atoms with Gasteiger partial charge in [0.05, 0.1) is 13.0 Å². The van der Waals surface area contributed by atoms with E-state index in [0.717, 1.165) is 16.7 Å². The minimum absolute atomic E-state index is 0. The van der Waals surface area contributed by atoms with E-state index in [0.29, 0.717) is 6.42 Å². The lowest BCUT2D eigenvalue weighted by Gasteiger charge is -2.18. The number of hydrogen-bond acceptors (Lipinski definition) is 4. The maximum atomic E-state index is 12.3. The molecule has 1 amide bonds. The molecule has 6 heteroatoms. The first-order valence-electron chi connectivity index (χ1n) is 8.23. The zero-order chi connectivity index (χ0) is 18.2. The number of ether oxygens (including phenoxy) is 1. The Bertz CT molecular complexity index is 722. The number of nitrogens with two attached hydrogens (primary N) is 1. The number of carbonyl (C=O) groups excluding carboxylic acids is 2. The average molecular weight is 377 g/mol.